The SMILES string of the molecule is NC1(C(=O)Nc2ccc(S(N)(=O)=O)cc2)CCC1. The Hall–Kier alpha value is -1.44. The van der Waals surface area contributed by atoms with Crippen molar-refractivity contribution in [2.24, 2.45) is 10.9 Å². The van der Waals surface area contributed by atoms with E-state index in [1.54, 1.807) is 0 Å². The third-order valence-electron chi connectivity index (χ3n) is 3.14. The fourth-order valence-electron chi connectivity index (χ4n) is 1.77. The van der Waals surface area contributed by atoms with Crippen molar-refractivity contribution in [3.05, 3.63) is 24.3 Å². The van der Waals surface area contributed by atoms with Crippen LogP contribution in [0.3, 0.4) is 0 Å². The molecule has 0 aromatic heterocycles. The van der Waals surface area contributed by atoms with Crippen molar-refractivity contribution in [3.8, 4) is 0 Å². The fraction of sp³-hybridized carbons (Fsp3) is 0.364. The van der Waals surface area contributed by atoms with Crippen molar-refractivity contribution in [1.82, 2.24) is 0 Å². The van der Waals surface area contributed by atoms with Gasteiger partial charge in [-0.3, -0.25) is 4.79 Å². The Morgan fingerprint density at radius 3 is 2.17 bits per heavy atom. The van der Waals surface area contributed by atoms with Gasteiger partial charge in [0.15, 0.2) is 0 Å². The molecule has 0 bridgehead atoms. The Morgan fingerprint density at radius 1 is 1.22 bits per heavy atom. The van der Waals surface area contributed by atoms with Crippen LogP contribution >= 0.6 is 0 Å². The molecule has 1 aliphatic rings. The van der Waals surface area contributed by atoms with Gasteiger partial charge in [0.05, 0.1) is 10.4 Å². The van der Waals surface area contributed by atoms with Gasteiger partial charge >= 0.3 is 0 Å². The molecule has 1 amide bonds. The molecule has 1 aromatic carbocycles. The number of carbonyl (C=O) groups excluding carboxylic acids is 1. The minimum absolute atomic E-state index is 0.00612. The van der Waals surface area contributed by atoms with Gasteiger partial charge in [-0.1, -0.05) is 0 Å². The Kier molecular flexibility index (Phi) is 3.14. The van der Waals surface area contributed by atoms with Gasteiger partial charge in [0.25, 0.3) is 0 Å². The van der Waals surface area contributed by atoms with E-state index in [2.05, 4.69) is 5.32 Å². The van der Waals surface area contributed by atoms with E-state index >= 15 is 0 Å². The Labute approximate surface area is 105 Å². The molecule has 0 saturated heterocycles. The predicted molar refractivity (Wildman–Crippen MR) is 67.2 cm³/mol. The second kappa shape index (κ2) is 4.34. The molecule has 0 unspecified atom stereocenters. The summed E-state index contributed by atoms with van der Waals surface area (Å²) in [5.41, 5.74) is 5.59. The summed E-state index contributed by atoms with van der Waals surface area (Å²) in [7, 11) is -3.71. The summed E-state index contributed by atoms with van der Waals surface area (Å²) in [4.78, 5) is 11.8. The standard InChI is InChI=1S/C11H15N3O3S/c12-11(6-1-7-11)10(15)14-8-2-4-9(5-3-8)18(13,16)17/h2-5H,1,6-7,12H2,(H,14,15)(H2,13,16,17). The van der Waals surface area contributed by atoms with Crippen molar-refractivity contribution in [2.45, 2.75) is 29.7 Å². The molecule has 6 nitrogen and oxygen atoms in total. The van der Waals surface area contributed by atoms with Crippen LogP contribution in [0.5, 0.6) is 0 Å². The molecular formula is C11H15N3O3S. The van der Waals surface area contributed by atoms with Crippen molar-refractivity contribution in [3.63, 3.8) is 0 Å². The minimum Gasteiger partial charge on any atom is -0.324 e. The number of anilines is 1. The van der Waals surface area contributed by atoms with Crippen LogP contribution in [0.25, 0.3) is 0 Å². The van der Waals surface area contributed by atoms with Gasteiger partial charge in [0, 0.05) is 5.69 Å². The number of benzene rings is 1. The molecule has 5 N–H and O–H groups in total. The third kappa shape index (κ3) is 2.53. The maximum absolute atomic E-state index is 11.8. The number of carbonyl (C=O) groups is 1. The number of sulfonamides is 1. The maximum atomic E-state index is 11.8. The molecule has 0 spiro atoms. The van der Waals surface area contributed by atoms with E-state index in [0.717, 1.165) is 6.42 Å². The number of nitrogens with two attached hydrogens (primary N) is 2. The molecule has 2 rings (SSSR count). The van der Waals surface area contributed by atoms with E-state index in [4.69, 9.17) is 10.9 Å². The highest BCUT2D eigenvalue weighted by atomic mass is 32.2. The van der Waals surface area contributed by atoms with Gasteiger partial charge in [-0.05, 0) is 43.5 Å². The zero-order valence-corrected chi connectivity index (χ0v) is 10.5. The number of primary sulfonamides is 1. The van der Waals surface area contributed by atoms with Crippen LogP contribution in [0.1, 0.15) is 19.3 Å². The lowest BCUT2D eigenvalue weighted by Crippen LogP contribution is -2.56. The van der Waals surface area contributed by atoms with Gasteiger partial charge < -0.3 is 11.1 Å². The molecule has 18 heavy (non-hydrogen) atoms. The van der Waals surface area contributed by atoms with Gasteiger partial charge in [-0.25, -0.2) is 13.6 Å². The second-order valence-corrected chi connectivity index (χ2v) is 6.09. The zero-order valence-electron chi connectivity index (χ0n) is 9.72. The van der Waals surface area contributed by atoms with Crippen LogP contribution in [0.15, 0.2) is 29.2 Å². The number of rotatable bonds is 3. The third-order valence-corrected chi connectivity index (χ3v) is 4.07. The number of amides is 1. The molecule has 1 saturated carbocycles. The highest BCUT2D eigenvalue weighted by molar-refractivity contribution is 7.89. The van der Waals surface area contributed by atoms with E-state index in [0.29, 0.717) is 18.5 Å². The van der Waals surface area contributed by atoms with Crippen LogP contribution in [0.2, 0.25) is 0 Å². The first-order valence-electron chi connectivity index (χ1n) is 5.54. The Morgan fingerprint density at radius 2 is 1.78 bits per heavy atom. The van der Waals surface area contributed by atoms with Crippen LogP contribution in [0, 0.1) is 0 Å². The number of nitrogens with one attached hydrogen (secondary N) is 1. The molecule has 1 aromatic rings. The van der Waals surface area contributed by atoms with E-state index in [9.17, 15) is 13.2 Å². The summed E-state index contributed by atoms with van der Waals surface area (Å²) in [5.74, 6) is -0.239. The van der Waals surface area contributed by atoms with Crippen LogP contribution < -0.4 is 16.2 Å². The Bertz CT molecular complexity index is 562. The lowest BCUT2D eigenvalue weighted by atomic mass is 9.77. The number of hydrogen-bond donors (Lipinski definition) is 3. The molecule has 0 aliphatic heterocycles. The first-order valence-corrected chi connectivity index (χ1v) is 7.09. The zero-order chi connectivity index (χ0) is 13.4. The number of hydrogen-bond acceptors (Lipinski definition) is 4. The summed E-state index contributed by atoms with van der Waals surface area (Å²) in [6, 6.07) is 5.66. The largest absolute Gasteiger partial charge is 0.324 e. The molecule has 0 radical (unpaired) electrons. The summed E-state index contributed by atoms with van der Waals surface area (Å²) < 4.78 is 22.1. The summed E-state index contributed by atoms with van der Waals surface area (Å²) in [6.07, 6.45) is 2.30. The molecule has 0 heterocycles. The van der Waals surface area contributed by atoms with Gasteiger partial charge in [-0.15, -0.1) is 0 Å². The van der Waals surface area contributed by atoms with Crippen LogP contribution in [0.4, 0.5) is 5.69 Å². The van der Waals surface area contributed by atoms with Gasteiger partial charge in [0.1, 0.15) is 0 Å². The van der Waals surface area contributed by atoms with E-state index < -0.39 is 15.6 Å². The summed E-state index contributed by atoms with van der Waals surface area (Å²) in [5, 5.41) is 7.64. The highest BCUT2D eigenvalue weighted by Crippen LogP contribution is 2.30. The highest BCUT2D eigenvalue weighted by Gasteiger charge is 2.40. The first kappa shape index (κ1) is 13.0. The van der Waals surface area contributed by atoms with E-state index in [1.807, 2.05) is 0 Å². The average molecular weight is 269 g/mol. The molecule has 98 valence electrons. The van der Waals surface area contributed by atoms with Crippen molar-refractivity contribution in [2.75, 3.05) is 5.32 Å². The lowest BCUT2D eigenvalue weighted by molar-refractivity contribution is -0.123. The molecule has 0 atom stereocenters. The quantitative estimate of drug-likeness (QED) is 0.724. The second-order valence-electron chi connectivity index (χ2n) is 4.53. The molecule has 1 fully saturated rings. The van der Waals surface area contributed by atoms with Gasteiger partial charge in [-0.2, -0.15) is 0 Å². The summed E-state index contributed by atoms with van der Waals surface area (Å²) >= 11 is 0. The van der Waals surface area contributed by atoms with Crippen molar-refractivity contribution >= 4 is 21.6 Å². The van der Waals surface area contributed by atoms with Crippen molar-refractivity contribution < 1.29 is 13.2 Å². The van der Waals surface area contributed by atoms with Crippen LogP contribution in [-0.4, -0.2) is 19.9 Å². The van der Waals surface area contributed by atoms with Crippen molar-refractivity contribution in [1.29, 1.82) is 0 Å². The monoisotopic (exact) mass is 269 g/mol. The van der Waals surface area contributed by atoms with E-state index in [1.165, 1.54) is 24.3 Å². The first-order chi connectivity index (χ1) is 8.31. The summed E-state index contributed by atoms with van der Waals surface area (Å²) in [6.45, 7) is 0. The smallest absolute Gasteiger partial charge is 0.244 e. The van der Waals surface area contributed by atoms with E-state index in [-0.39, 0.29) is 10.8 Å². The van der Waals surface area contributed by atoms with Crippen LogP contribution in [-0.2, 0) is 14.8 Å². The predicted octanol–water partition coefficient (Wildman–Crippen LogP) is 0.154. The topological polar surface area (TPSA) is 115 Å². The normalized spacial score (nSPS) is 17.9. The lowest BCUT2D eigenvalue weighted by Gasteiger charge is -2.36. The Balaban J connectivity index is 2.09. The van der Waals surface area contributed by atoms with Gasteiger partial charge in [0.2, 0.25) is 15.9 Å². The average Bonchev–Trinajstić information content (AvgIpc) is 2.25. The maximum Gasteiger partial charge on any atom is 0.244 e. The molecule has 7 heteroatoms. The minimum atomic E-state index is -3.71. The fourth-order valence-corrected chi connectivity index (χ4v) is 2.28. The molecule has 1 aliphatic carbocycles. The molecular weight excluding hydrogens is 254 g/mol.